The van der Waals surface area contributed by atoms with Crippen LogP contribution in [0.4, 0.5) is 5.82 Å². The Morgan fingerprint density at radius 2 is 1.97 bits per heavy atom. The van der Waals surface area contributed by atoms with Gasteiger partial charge < -0.3 is 24.9 Å². The van der Waals surface area contributed by atoms with E-state index in [-0.39, 0.29) is 17.9 Å². The van der Waals surface area contributed by atoms with E-state index < -0.39 is 6.10 Å². The molecular formula is C27H28N4O4. The van der Waals surface area contributed by atoms with Gasteiger partial charge in [0.15, 0.2) is 5.78 Å². The van der Waals surface area contributed by atoms with Gasteiger partial charge in [-0.3, -0.25) is 4.79 Å². The highest BCUT2D eigenvalue weighted by atomic mass is 16.5. The number of hydrogen-bond acceptors (Lipinski definition) is 7. The average molecular weight is 473 g/mol. The maximum absolute atomic E-state index is 13.6. The first-order chi connectivity index (χ1) is 17.0. The van der Waals surface area contributed by atoms with Gasteiger partial charge in [-0.05, 0) is 62.6 Å². The lowest BCUT2D eigenvalue weighted by atomic mass is 9.98. The molecule has 8 nitrogen and oxygen atoms in total. The van der Waals surface area contributed by atoms with Gasteiger partial charge in [0, 0.05) is 11.8 Å². The van der Waals surface area contributed by atoms with Gasteiger partial charge in [-0.1, -0.05) is 18.2 Å². The van der Waals surface area contributed by atoms with Crippen molar-refractivity contribution in [3.63, 3.8) is 0 Å². The highest BCUT2D eigenvalue weighted by Crippen LogP contribution is 2.30. The molecule has 0 aliphatic carbocycles. The van der Waals surface area contributed by atoms with Gasteiger partial charge in [-0.15, -0.1) is 0 Å². The third kappa shape index (κ3) is 4.89. The minimum atomic E-state index is -0.497. The van der Waals surface area contributed by atoms with Gasteiger partial charge in [0.2, 0.25) is 0 Å². The number of nitrogens with zero attached hydrogens (tertiary/aromatic N) is 2. The van der Waals surface area contributed by atoms with Crippen LogP contribution in [-0.4, -0.2) is 50.7 Å². The number of aliphatic hydroxyl groups is 1. The van der Waals surface area contributed by atoms with Crippen molar-refractivity contribution in [3.8, 4) is 11.5 Å². The molecule has 0 bridgehead atoms. The summed E-state index contributed by atoms with van der Waals surface area (Å²) in [5.74, 6) is 1.88. The second kappa shape index (κ2) is 9.85. The van der Waals surface area contributed by atoms with E-state index >= 15 is 0 Å². The van der Waals surface area contributed by atoms with Gasteiger partial charge in [0.1, 0.15) is 29.3 Å². The monoisotopic (exact) mass is 472 g/mol. The highest BCUT2D eigenvalue weighted by Gasteiger charge is 2.27. The first-order valence-corrected chi connectivity index (χ1v) is 11.8. The Balaban J connectivity index is 1.39. The third-order valence-electron chi connectivity index (χ3n) is 6.33. The Labute approximate surface area is 203 Å². The number of para-hydroxylation sites is 1. The van der Waals surface area contributed by atoms with E-state index in [9.17, 15) is 9.90 Å². The molecule has 4 aromatic rings. The molecule has 2 aromatic heterocycles. The number of aliphatic hydroxyl groups excluding tert-OH is 1. The average Bonchev–Trinajstić information content (AvgIpc) is 3.30. The predicted octanol–water partition coefficient (Wildman–Crippen LogP) is 4.63. The summed E-state index contributed by atoms with van der Waals surface area (Å²) < 4.78 is 11.7. The fraction of sp³-hybridized carbons (Fsp3) is 0.296. The summed E-state index contributed by atoms with van der Waals surface area (Å²) in [6, 6.07) is 15.0. The number of hydrogen-bond donors (Lipinski definition) is 3. The smallest absolute Gasteiger partial charge is 0.195 e. The van der Waals surface area contributed by atoms with Crippen LogP contribution in [0, 0.1) is 6.92 Å². The van der Waals surface area contributed by atoms with Crippen LogP contribution in [0.5, 0.6) is 11.5 Å². The molecule has 0 spiro atoms. The Kier molecular flexibility index (Phi) is 6.48. The summed E-state index contributed by atoms with van der Waals surface area (Å²) in [6.07, 6.45) is 4.08. The summed E-state index contributed by atoms with van der Waals surface area (Å²) >= 11 is 0. The molecule has 0 radical (unpaired) electrons. The third-order valence-corrected chi connectivity index (χ3v) is 6.33. The molecule has 0 amide bonds. The number of fused-ring (bicyclic) bond motifs is 1. The van der Waals surface area contributed by atoms with Gasteiger partial charge in [-0.25, -0.2) is 9.97 Å². The molecule has 1 aliphatic heterocycles. The molecule has 180 valence electrons. The van der Waals surface area contributed by atoms with E-state index in [2.05, 4.69) is 20.3 Å². The van der Waals surface area contributed by atoms with E-state index in [0.717, 1.165) is 24.2 Å². The summed E-state index contributed by atoms with van der Waals surface area (Å²) in [5, 5.41) is 13.8. The molecule has 35 heavy (non-hydrogen) atoms. The van der Waals surface area contributed by atoms with Crippen molar-refractivity contribution >= 4 is 22.6 Å². The quantitative estimate of drug-likeness (QED) is 0.337. The molecule has 8 heteroatoms. The summed E-state index contributed by atoms with van der Waals surface area (Å²) in [7, 11) is 0. The topological polar surface area (TPSA) is 109 Å². The molecule has 0 saturated carbocycles. The first kappa shape index (κ1) is 23.0. The van der Waals surface area contributed by atoms with Gasteiger partial charge in [-0.2, -0.15) is 0 Å². The van der Waals surface area contributed by atoms with Crippen molar-refractivity contribution in [3.05, 3.63) is 77.7 Å². The Morgan fingerprint density at radius 3 is 2.69 bits per heavy atom. The molecule has 3 heterocycles. The maximum Gasteiger partial charge on any atom is 0.195 e. The standard InChI is InChI=1S/C27H28N4O4/c1-16-12-20(35-19-6-4-3-5-7-19)9-10-21(16)25(33)22-13-28-26-24(22)27(30-15-29-26)31-18-8-11-23(17(2)32)34-14-18/h3-7,9-10,12-13,15,17-18,23,32H,8,11,14H2,1-2H3,(H2,28,29,30,31)/t17?,18-,23+/m1/s1. The minimum Gasteiger partial charge on any atom is -0.457 e. The van der Waals surface area contributed by atoms with Crippen LogP contribution in [0.25, 0.3) is 11.0 Å². The van der Waals surface area contributed by atoms with Gasteiger partial charge in [0.05, 0.1) is 35.8 Å². The van der Waals surface area contributed by atoms with Gasteiger partial charge in [0.25, 0.3) is 0 Å². The SMILES string of the molecule is Cc1cc(Oc2ccccc2)ccc1C(=O)c1c[nH]c2ncnc(N[C@@H]3CC[C@@H](C(C)O)OC3)c12. The van der Waals surface area contributed by atoms with Crippen molar-refractivity contribution in [2.24, 2.45) is 0 Å². The van der Waals surface area contributed by atoms with Crippen LogP contribution >= 0.6 is 0 Å². The highest BCUT2D eigenvalue weighted by molar-refractivity contribution is 6.18. The fourth-order valence-electron chi connectivity index (χ4n) is 4.43. The van der Waals surface area contributed by atoms with Gasteiger partial charge >= 0.3 is 0 Å². The molecule has 1 aliphatic rings. The normalized spacial score (nSPS) is 18.8. The van der Waals surface area contributed by atoms with Crippen molar-refractivity contribution in [1.29, 1.82) is 0 Å². The molecule has 1 fully saturated rings. The Hall–Kier alpha value is -3.75. The lowest BCUT2D eigenvalue weighted by molar-refractivity contribution is -0.0584. The number of carbonyl (C=O) groups excluding carboxylic acids is 1. The first-order valence-electron chi connectivity index (χ1n) is 11.8. The lowest BCUT2D eigenvalue weighted by Gasteiger charge is -2.31. The van der Waals surface area contributed by atoms with Crippen LogP contribution in [-0.2, 0) is 4.74 Å². The Morgan fingerprint density at radius 1 is 1.14 bits per heavy atom. The molecule has 1 saturated heterocycles. The molecule has 3 atom stereocenters. The van der Waals surface area contributed by atoms with E-state index in [1.807, 2.05) is 43.3 Å². The molecule has 5 rings (SSSR count). The number of aryl methyl sites for hydroxylation is 1. The number of anilines is 1. The zero-order valence-corrected chi connectivity index (χ0v) is 19.7. The number of nitrogens with one attached hydrogen (secondary N) is 2. The number of aromatic amines is 1. The van der Waals surface area contributed by atoms with Crippen LogP contribution < -0.4 is 10.1 Å². The zero-order valence-electron chi connectivity index (χ0n) is 19.7. The number of ketones is 1. The second-order valence-corrected chi connectivity index (χ2v) is 8.90. The number of benzene rings is 2. The second-order valence-electron chi connectivity index (χ2n) is 8.90. The molecule has 3 N–H and O–H groups in total. The van der Waals surface area contributed by atoms with Crippen molar-refractivity contribution in [1.82, 2.24) is 15.0 Å². The van der Waals surface area contributed by atoms with E-state index in [0.29, 0.717) is 40.3 Å². The molecule has 2 aromatic carbocycles. The molecular weight excluding hydrogens is 444 g/mol. The minimum absolute atomic E-state index is 0.0251. The Bertz CT molecular complexity index is 1330. The lowest BCUT2D eigenvalue weighted by Crippen LogP contribution is -2.39. The van der Waals surface area contributed by atoms with Crippen LogP contribution in [0.1, 0.15) is 41.3 Å². The van der Waals surface area contributed by atoms with Crippen LogP contribution in [0.3, 0.4) is 0 Å². The van der Waals surface area contributed by atoms with Crippen LogP contribution in [0.15, 0.2) is 61.1 Å². The zero-order chi connectivity index (χ0) is 24.4. The van der Waals surface area contributed by atoms with Crippen molar-refractivity contribution < 1.29 is 19.4 Å². The summed E-state index contributed by atoms with van der Waals surface area (Å²) in [6.45, 7) is 4.09. The largest absolute Gasteiger partial charge is 0.457 e. The number of ether oxygens (including phenoxy) is 2. The summed E-state index contributed by atoms with van der Waals surface area (Å²) in [4.78, 5) is 25.4. The van der Waals surface area contributed by atoms with E-state index in [1.165, 1.54) is 6.33 Å². The van der Waals surface area contributed by atoms with Crippen molar-refractivity contribution in [2.45, 2.75) is 44.9 Å². The number of H-pyrrole nitrogens is 1. The maximum atomic E-state index is 13.6. The predicted molar refractivity (Wildman–Crippen MR) is 133 cm³/mol. The molecule has 1 unspecified atom stereocenters. The van der Waals surface area contributed by atoms with E-state index in [4.69, 9.17) is 9.47 Å². The number of rotatable bonds is 7. The number of aromatic nitrogens is 3. The summed E-state index contributed by atoms with van der Waals surface area (Å²) in [5.41, 5.74) is 2.49. The van der Waals surface area contributed by atoms with Crippen LogP contribution in [0.2, 0.25) is 0 Å². The van der Waals surface area contributed by atoms with Crippen molar-refractivity contribution in [2.75, 3.05) is 11.9 Å². The fourth-order valence-corrected chi connectivity index (χ4v) is 4.43. The number of carbonyl (C=O) groups is 1. The van der Waals surface area contributed by atoms with E-state index in [1.54, 1.807) is 25.3 Å².